The average Bonchev–Trinajstić information content (AvgIpc) is 2.62. The maximum absolute atomic E-state index is 13.4. The lowest BCUT2D eigenvalue weighted by atomic mass is 10.1. The summed E-state index contributed by atoms with van der Waals surface area (Å²) < 4.78 is 18.5. The second-order valence-electron chi connectivity index (χ2n) is 2.49. The van der Waals surface area contributed by atoms with Crippen molar-refractivity contribution in [2.75, 3.05) is 0 Å². The summed E-state index contributed by atoms with van der Waals surface area (Å²) in [6.45, 7) is 0. The van der Waals surface area contributed by atoms with Crippen LogP contribution >= 0.6 is 15.9 Å². The summed E-state index contributed by atoms with van der Waals surface area (Å²) in [4.78, 5) is 0. The number of halogens is 2. The van der Waals surface area contributed by atoms with E-state index in [0.717, 1.165) is 0 Å². The minimum Gasteiger partial charge on any atom is -0.364 e. The third-order valence-electron chi connectivity index (χ3n) is 1.67. The molecule has 0 unspecified atom stereocenters. The summed E-state index contributed by atoms with van der Waals surface area (Å²) in [5, 5.41) is 3.65. The zero-order valence-electron chi connectivity index (χ0n) is 6.50. The molecule has 0 aliphatic heterocycles. The highest BCUT2D eigenvalue weighted by Crippen LogP contribution is 2.26. The van der Waals surface area contributed by atoms with Gasteiger partial charge in [0.25, 0.3) is 0 Å². The molecule has 1 aromatic carbocycles. The number of aromatic nitrogens is 1. The Morgan fingerprint density at radius 2 is 2.15 bits per heavy atom. The van der Waals surface area contributed by atoms with Gasteiger partial charge in [0.15, 0.2) is 0 Å². The quantitative estimate of drug-likeness (QED) is 0.767. The summed E-state index contributed by atoms with van der Waals surface area (Å²) in [6.07, 6.45) is 1.41. The Kier molecular flexibility index (Phi) is 2.14. The van der Waals surface area contributed by atoms with Gasteiger partial charge in [0, 0.05) is 11.6 Å². The smallest absolute Gasteiger partial charge is 0.146 e. The number of hydrogen-bond donors (Lipinski definition) is 0. The van der Waals surface area contributed by atoms with Crippen molar-refractivity contribution in [2.45, 2.75) is 0 Å². The molecule has 0 bridgehead atoms. The number of nitrogens with zero attached hydrogens (tertiary/aromatic N) is 1. The third kappa shape index (κ3) is 1.49. The van der Waals surface area contributed by atoms with Crippen LogP contribution in [0.3, 0.4) is 0 Å². The molecule has 0 radical (unpaired) electrons. The lowest BCUT2D eigenvalue weighted by Crippen LogP contribution is -1.84. The van der Waals surface area contributed by atoms with Crippen molar-refractivity contribution in [1.82, 2.24) is 5.16 Å². The van der Waals surface area contributed by atoms with Crippen LogP contribution in [0.1, 0.15) is 0 Å². The van der Waals surface area contributed by atoms with Crippen LogP contribution < -0.4 is 0 Å². The van der Waals surface area contributed by atoms with E-state index in [9.17, 15) is 4.39 Å². The third-order valence-corrected chi connectivity index (χ3v) is 2.28. The predicted octanol–water partition coefficient (Wildman–Crippen LogP) is 3.24. The van der Waals surface area contributed by atoms with Crippen molar-refractivity contribution >= 4 is 15.9 Å². The van der Waals surface area contributed by atoms with Crippen molar-refractivity contribution in [1.29, 1.82) is 0 Å². The van der Waals surface area contributed by atoms with Crippen LogP contribution in [0, 0.1) is 5.82 Å². The second kappa shape index (κ2) is 3.30. The van der Waals surface area contributed by atoms with Gasteiger partial charge in [-0.2, -0.15) is 0 Å². The van der Waals surface area contributed by atoms with E-state index in [-0.39, 0.29) is 5.82 Å². The first-order valence-corrected chi connectivity index (χ1v) is 4.43. The maximum Gasteiger partial charge on any atom is 0.146 e. The van der Waals surface area contributed by atoms with Crippen molar-refractivity contribution in [2.24, 2.45) is 0 Å². The molecule has 2 nitrogen and oxygen atoms in total. The van der Waals surface area contributed by atoms with Crippen molar-refractivity contribution in [3.05, 3.63) is 40.8 Å². The van der Waals surface area contributed by atoms with Crippen LogP contribution in [-0.4, -0.2) is 5.16 Å². The van der Waals surface area contributed by atoms with Crippen molar-refractivity contribution in [3.8, 4) is 11.3 Å². The highest BCUT2D eigenvalue weighted by molar-refractivity contribution is 9.10. The maximum atomic E-state index is 13.4. The van der Waals surface area contributed by atoms with Crippen LogP contribution in [-0.2, 0) is 0 Å². The molecule has 0 atom stereocenters. The first-order chi connectivity index (χ1) is 6.29. The van der Waals surface area contributed by atoms with E-state index in [1.807, 2.05) is 0 Å². The van der Waals surface area contributed by atoms with E-state index in [0.29, 0.717) is 15.7 Å². The normalized spacial score (nSPS) is 10.3. The van der Waals surface area contributed by atoms with E-state index in [2.05, 4.69) is 25.6 Å². The fraction of sp³-hybridized carbons (Fsp3) is 0. The fourth-order valence-electron chi connectivity index (χ4n) is 1.05. The number of hydrogen-bond acceptors (Lipinski definition) is 2. The summed E-state index contributed by atoms with van der Waals surface area (Å²) in [6, 6.07) is 6.65. The van der Waals surface area contributed by atoms with Gasteiger partial charge in [-0.15, -0.1) is 0 Å². The molecule has 0 aliphatic rings. The topological polar surface area (TPSA) is 26.0 Å². The Morgan fingerprint density at radius 1 is 1.31 bits per heavy atom. The Balaban J connectivity index is 2.59. The molecule has 2 rings (SSSR count). The molecule has 0 fully saturated rings. The SMILES string of the molecule is Fc1c(Br)cccc1-c1ccon1. The number of rotatable bonds is 1. The molecule has 0 saturated carbocycles. The van der Waals surface area contributed by atoms with Crippen LogP contribution in [0.2, 0.25) is 0 Å². The zero-order chi connectivity index (χ0) is 9.26. The molecular weight excluding hydrogens is 237 g/mol. The second-order valence-corrected chi connectivity index (χ2v) is 3.34. The zero-order valence-corrected chi connectivity index (χ0v) is 8.08. The van der Waals surface area contributed by atoms with Gasteiger partial charge in [0.05, 0.1) is 4.47 Å². The average molecular weight is 242 g/mol. The van der Waals surface area contributed by atoms with Gasteiger partial charge >= 0.3 is 0 Å². The van der Waals surface area contributed by atoms with Crippen LogP contribution in [0.5, 0.6) is 0 Å². The monoisotopic (exact) mass is 241 g/mol. The lowest BCUT2D eigenvalue weighted by molar-refractivity contribution is 0.422. The summed E-state index contributed by atoms with van der Waals surface area (Å²) in [5.41, 5.74) is 0.932. The van der Waals surface area contributed by atoms with Crippen LogP contribution in [0.25, 0.3) is 11.3 Å². The molecule has 2 aromatic rings. The van der Waals surface area contributed by atoms with E-state index in [1.54, 1.807) is 24.3 Å². The van der Waals surface area contributed by atoms with Gasteiger partial charge in [-0.25, -0.2) is 4.39 Å². The van der Waals surface area contributed by atoms with Crippen molar-refractivity contribution in [3.63, 3.8) is 0 Å². The van der Waals surface area contributed by atoms with Gasteiger partial charge in [-0.3, -0.25) is 0 Å². The van der Waals surface area contributed by atoms with Gasteiger partial charge in [0.1, 0.15) is 17.8 Å². The minimum atomic E-state index is -0.323. The standard InChI is InChI=1S/C9H5BrFNO/c10-7-3-1-2-6(9(7)11)8-4-5-13-12-8/h1-5H. The molecule has 4 heteroatoms. The summed E-state index contributed by atoms with van der Waals surface area (Å²) >= 11 is 3.10. The Morgan fingerprint density at radius 3 is 2.85 bits per heavy atom. The number of benzene rings is 1. The van der Waals surface area contributed by atoms with E-state index < -0.39 is 0 Å². The Hall–Kier alpha value is -1.16. The first-order valence-electron chi connectivity index (χ1n) is 3.64. The molecule has 1 aromatic heterocycles. The molecule has 0 amide bonds. The van der Waals surface area contributed by atoms with Gasteiger partial charge in [-0.1, -0.05) is 11.2 Å². The van der Waals surface area contributed by atoms with Gasteiger partial charge < -0.3 is 4.52 Å². The van der Waals surface area contributed by atoms with Crippen molar-refractivity contribution < 1.29 is 8.91 Å². The molecule has 13 heavy (non-hydrogen) atoms. The van der Waals surface area contributed by atoms with Crippen LogP contribution in [0.15, 0.2) is 39.5 Å². The van der Waals surface area contributed by atoms with Gasteiger partial charge in [-0.05, 0) is 28.1 Å². The first kappa shape index (κ1) is 8.44. The highest BCUT2D eigenvalue weighted by atomic mass is 79.9. The van der Waals surface area contributed by atoms with Gasteiger partial charge in [0.2, 0.25) is 0 Å². The largest absolute Gasteiger partial charge is 0.364 e. The Labute approximate surface area is 82.5 Å². The van der Waals surface area contributed by atoms with E-state index in [1.165, 1.54) is 6.26 Å². The molecular formula is C9H5BrFNO. The van der Waals surface area contributed by atoms with E-state index in [4.69, 9.17) is 0 Å². The fourth-order valence-corrected chi connectivity index (χ4v) is 1.42. The molecule has 0 spiro atoms. The minimum absolute atomic E-state index is 0.323. The molecule has 1 heterocycles. The highest BCUT2D eigenvalue weighted by Gasteiger charge is 2.09. The molecule has 0 N–H and O–H groups in total. The predicted molar refractivity (Wildman–Crippen MR) is 49.6 cm³/mol. The molecule has 0 aliphatic carbocycles. The molecule has 0 saturated heterocycles. The Bertz CT molecular complexity index is 414. The van der Waals surface area contributed by atoms with Crippen LogP contribution in [0.4, 0.5) is 4.39 Å². The molecule has 66 valence electrons. The lowest BCUT2D eigenvalue weighted by Gasteiger charge is -1.99. The van der Waals surface area contributed by atoms with E-state index >= 15 is 0 Å². The summed E-state index contributed by atoms with van der Waals surface area (Å²) in [5.74, 6) is -0.323. The summed E-state index contributed by atoms with van der Waals surface area (Å²) in [7, 11) is 0.